The molecule has 0 saturated carbocycles. The zero-order valence-electron chi connectivity index (χ0n) is 12.8. The van der Waals surface area contributed by atoms with Crippen LogP contribution in [-0.2, 0) is 9.47 Å². The molecule has 5 nitrogen and oxygen atoms in total. The first kappa shape index (κ1) is 16.1. The SMILES string of the molecule is CCOc1ccc2[nH+]c(SCC(OCC)OCC)[nH]c2c1. The van der Waals surface area contributed by atoms with Crippen LogP contribution in [0.2, 0.25) is 0 Å². The molecule has 1 aromatic carbocycles. The zero-order valence-corrected chi connectivity index (χ0v) is 13.6. The summed E-state index contributed by atoms with van der Waals surface area (Å²) >= 11 is 1.65. The lowest BCUT2D eigenvalue weighted by atomic mass is 10.3. The van der Waals surface area contributed by atoms with Gasteiger partial charge in [0.15, 0.2) is 17.3 Å². The van der Waals surface area contributed by atoms with E-state index in [1.165, 1.54) is 0 Å². The number of aromatic nitrogens is 2. The van der Waals surface area contributed by atoms with Crippen LogP contribution in [0, 0.1) is 0 Å². The van der Waals surface area contributed by atoms with Crippen molar-refractivity contribution < 1.29 is 19.2 Å². The molecule has 0 aliphatic carbocycles. The van der Waals surface area contributed by atoms with Gasteiger partial charge in [-0.3, -0.25) is 0 Å². The number of H-pyrrole nitrogens is 2. The lowest BCUT2D eigenvalue weighted by molar-refractivity contribution is -0.396. The first-order valence-corrected chi connectivity index (χ1v) is 8.29. The number of hydrogen-bond acceptors (Lipinski definition) is 4. The van der Waals surface area contributed by atoms with Crippen LogP contribution in [0.15, 0.2) is 23.4 Å². The van der Waals surface area contributed by atoms with E-state index < -0.39 is 0 Å². The summed E-state index contributed by atoms with van der Waals surface area (Å²) in [4.78, 5) is 6.70. The van der Waals surface area contributed by atoms with E-state index in [1.54, 1.807) is 11.8 Å². The van der Waals surface area contributed by atoms with Crippen LogP contribution in [0.5, 0.6) is 5.75 Å². The van der Waals surface area contributed by atoms with Gasteiger partial charge in [0.05, 0.1) is 12.4 Å². The molecule has 0 atom stereocenters. The van der Waals surface area contributed by atoms with E-state index >= 15 is 0 Å². The summed E-state index contributed by atoms with van der Waals surface area (Å²) in [5.41, 5.74) is 2.10. The molecule has 1 aromatic heterocycles. The summed E-state index contributed by atoms with van der Waals surface area (Å²) in [6.07, 6.45) is -0.177. The largest absolute Gasteiger partial charge is 0.494 e. The Labute approximate surface area is 129 Å². The summed E-state index contributed by atoms with van der Waals surface area (Å²) in [5.74, 6) is 1.61. The minimum Gasteiger partial charge on any atom is -0.494 e. The molecule has 6 heteroatoms. The number of imidazole rings is 1. The molecule has 0 amide bonds. The number of rotatable bonds is 9. The molecule has 0 aliphatic heterocycles. The topological polar surface area (TPSA) is 57.6 Å². The second-order valence-corrected chi connectivity index (χ2v) is 5.40. The summed E-state index contributed by atoms with van der Waals surface area (Å²) in [6.45, 7) is 7.90. The third kappa shape index (κ3) is 4.62. The standard InChI is InChI=1S/C15H22N2O3S/c1-4-18-11-7-8-12-13(9-11)17-15(16-12)21-10-14(19-5-2)20-6-3/h7-9,14H,4-6,10H2,1-3H3,(H,16,17)/p+1. The fraction of sp³-hybridized carbons (Fsp3) is 0.533. The van der Waals surface area contributed by atoms with Gasteiger partial charge in [0, 0.05) is 19.3 Å². The van der Waals surface area contributed by atoms with Crippen molar-refractivity contribution in [2.45, 2.75) is 32.2 Å². The molecule has 2 aromatic rings. The Hall–Kier alpha value is -1.24. The van der Waals surface area contributed by atoms with Crippen molar-refractivity contribution in [1.82, 2.24) is 4.98 Å². The van der Waals surface area contributed by atoms with Crippen LogP contribution in [-0.4, -0.2) is 36.8 Å². The summed E-state index contributed by atoms with van der Waals surface area (Å²) < 4.78 is 16.6. The van der Waals surface area contributed by atoms with Crippen molar-refractivity contribution in [2.75, 3.05) is 25.6 Å². The predicted octanol–water partition coefficient (Wildman–Crippen LogP) is 2.87. The van der Waals surface area contributed by atoms with E-state index in [2.05, 4.69) is 9.97 Å². The zero-order chi connectivity index (χ0) is 15.1. The molecular formula is C15H23N2O3S+. The summed E-state index contributed by atoms with van der Waals surface area (Å²) in [5, 5.41) is 0.989. The fourth-order valence-electron chi connectivity index (χ4n) is 2.01. The number of aromatic amines is 2. The smallest absolute Gasteiger partial charge is 0.314 e. The van der Waals surface area contributed by atoms with Crippen LogP contribution in [0.25, 0.3) is 11.0 Å². The Bertz CT molecular complexity index is 553. The molecule has 0 bridgehead atoms. The van der Waals surface area contributed by atoms with Gasteiger partial charge in [-0.15, -0.1) is 0 Å². The van der Waals surface area contributed by atoms with Gasteiger partial charge < -0.3 is 14.2 Å². The molecule has 2 rings (SSSR count). The van der Waals surface area contributed by atoms with E-state index in [-0.39, 0.29) is 6.29 Å². The maximum atomic E-state index is 5.54. The summed E-state index contributed by atoms with van der Waals surface area (Å²) in [7, 11) is 0. The third-order valence-electron chi connectivity index (χ3n) is 2.87. The Morgan fingerprint density at radius 3 is 2.57 bits per heavy atom. The maximum absolute atomic E-state index is 5.54. The fourth-order valence-corrected chi connectivity index (χ4v) is 2.87. The highest BCUT2D eigenvalue weighted by Gasteiger charge is 2.15. The Kier molecular flexibility index (Phi) is 6.35. The lowest BCUT2D eigenvalue weighted by Gasteiger charge is -2.14. The van der Waals surface area contributed by atoms with Crippen molar-refractivity contribution in [3.8, 4) is 5.75 Å². The second kappa shape index (κ2) is 8.26. The van der Waals surface area contributed by atoms with Crippen molar-refractivity contribution in [2.24, 2.45) is 0 Å². The van der Waals surface area contributed by atoms with E-state index in [0.29, 0.717) is 19.8 Å². The Balaban J connectivity index is 2.01. The van der Waals surface area contributed by atoms with Gasteiger partial charge in [-0.25, -0.2) is 9.97 Å². The molecule has 0 aliphatic rings. The molecule has 0 unspecified atom stereocenters. The Morgan fingerprint density at radius 2 is 1.90 bits per heavy atom. The molecule has 1 heterocycles. The van der Waals surface area contributed by atoms with Gasteiger partial charge in [-0.05, 0) is 44.7 Å². The molecule has 21 heavy (non-hydrogen) atoms. The van der Waals surface area contributed by atoms with Gasteiger partial charge in [0.25, 0.3) is 0 Å². The number of fused-ring (bicyclic) bond motifs is 1. The predicted molar refractivity (Wildman–Crippen MR) is 83.8 cm³/mol. The highest BCUT2D eigenvalue weighted by Crippen LogP contribution is 2.21. The van der Waals surface area contributed by atoms with Crippen molar-refractivity contribution >= 4 is 22.8 Å². The minimum atomic E-state index is -0.177. The van der Waals surface area contributed by atoms with E-state index in [1.807, 2.05) is 39.0 Å². The van der Waals surface area contributed by atoms with Gasteiger partial charge in [0.2, 0.25) is 0 Å². The average Bonchev–Trinajstić information content (AvgIpc) is 2.88. The van der Waals surface area contributed by atoms with Crippen LogP contribution in [0.4, 0.5) is 0 Å². The van der Waals surface area contributed by atoms with E-state index in [0.717, 1.165) is 27.7 Å². The van der Waals surface area contributed by atoms with Crippen LogP contribution in [0.1, 0.15) is 20.8 Å². The highest BCUT2D eigenvalue weighted by molar-refractivity contribution is 7.99. The number of thioether (sulfide) groups is 1. The van der Waals surface area contributed by atoms with Gasteiger partial charge in [-0.1, -0.05) is 0 Å². The van der Waals surface area contributed by atoms with Crippen LogP contribution < -0.4 is 9.72 Å². The number of ether oxygens (including phenoxy) is 3. The quantitative estimate of drug-likeness (QED) is 0.571. The van der Waals surface area contributed by atoms with Crippen molar-refractivity contribution in [3.05, 3.63) is 18.2 Å². The molecule has 0 radical (unpaired) electrons. The molecule has 0 saturated heterocycles. The van der Waals surface area contributed by atoms with Gasteiger partial charge in [0.1, 0.15) is 5.75 Å². The number of hydrogen-bond donors (Lipinski definition) is 1. The minimum absolute atomic E-state index is 0.177. The van der Waals surface area contributed by atoms with E-state index in [9.17, 15) is 0 Å². The molecule has 0 fully saturated rings. The van der Waals surface area contributed by atoms with Gasteiger partial charge in [-0.2, -0.15) is 0 Å². The van der Waals surface area contributed by atoms with Gasteiger partial charge >= 0.3 is 5.16 Å². The molecule has 116 valence electrons. The molecular weight excluding hydrogens is 288 g/mol. The second-order valence-electron chi connectivity index (χ2n) is 4.37. The molecule has 0 spiro atoms. The Morgan fingerprint density at radius 1 is 1.14 bits per heavy atom. The normalized spacial score (nSPS) is 11.4. The first-order chi connectivity index (χ1) is 10.3. The number of nitrogens with one attached hydrogen (secondary N) is 2. The third-order valence-corrected chi connectivity index (χ3v) is 3.80. The van der Waals surface area contributed by atoms with Crippen LogP contribution in [0.3, 0.4) is 0 Å². The first-order valence-electron chi connectivity index (χ1n) is 7.30. The number of benzene rings is 1. The van der Waals surface area contributed by atoms with E-state index in [4.69, 9.17) is 14.2 Å². The lowest BCUT2D eigenvalue weighted by Crippen LogP contribution is -2.20. The van der Waals surface area contributed by atoms with Crippen molar-refractivity contribution in [1.29, 1.82) is 0 Å². The summed E-state index contributed by atoms with van der Waals surface area (Å²) in [6, 6.07) is 5.99. The highest BCUT2D eigenvalue weighted by atomic mass is 32.2. The molecule has 2 N–H and O–H groups in total. The van der Waals surface area contributed by atoms with Crippen LogP contribution >= 0.6 is 11.8 Å². The maximum Gasteiger partial charge on any atom is 0.314 e. The average molecular weight is 311 g/mol. The van der Waals surface area contributed by atoms with Crippen molar-refractivity contribution in [3.63, 3.8) is 0 Å². The monoisotopic (exact) mass is 311 g/mol.